The molecule has 0 saturated carbocycles. The van der Waals surface area contributed by atoms with E-state index in [0.29, 0.717) is 5.02 Å². The Morgan fingerprint density at radius 3 is 2.42 bits per heavy atom. The van der Waals surface area contributed by atoms with Crippen molar-refractivity contribution >= 4 is 62.2 Å². The second-order valence-electron chi connectivity index (χ2n) is 5.84. The molecule has 11 nitrogen and oxygen atoms in total. The molecule has 31 heavy (non-hydrogen) atoms. The Kier molecular flexibility index (Phi) is 8.16. The highest BCUT2D eigenvalue weighted by Gasteiger charge is 2.22. The lowest BCUT2D eigenvalue weighted by Gasteiger charge is -2.10. The topological polar surface area (TPSA) is 157 Å². The number of carbonyl (C=O) groups excluding carboxylic acids is 2. The van der Waals surface area contributed by atoms with Gasteiger partial charge in [-0.1, -0.05) is 23.2 Å². The molecule has 0 radical (unpaired) electrons. The number of nitrogens with one attached hydrogen (secondary N) is 3. The van der Waals surface area contributed by atoms with Gasteiger partial charge in [0.15, 0.2) is 6.61 Å². The summed E-state index contributed by atoms with van der Waals surface area (Å²) in [6, 6.07) is 7.57. The number of anilines is 2. The van der Waals surface area contributed by atoms with Crippen molar-refractivity contribution in [1.29, 1.82) is 0 Å². The van der Waals surface area contributed by atoms with Gasteiger partial charge in [-0.05, 0) is 30.3 Å². The third kappa shape index (κ3) is 6.79. The fourth-order valence-corrected chi connectivity index (χ4v) is 3.70. The van der Waals surface area contributed by atoms with Crippen LogP contribution in [-0.4, -0.2) is 45.4 Å². The number of hydrogen-bond acceptors (Lipinski definition) is 8. The second kappa shape index (κ2) is 10.4. The number of benzene rings is 2. The summed E-state index contributed by atoms with van der Waals surface area (Å²) in [5.74, 6) is -1.75. The average molecular weight is 491 g/mol. The normalized spacial score (nSPS) is 10.9. The summed E-state index contributed by atoms with van der Waals surface area (Å²) in [6.07, 6.45) is 0. The van der Waals surface area contributed by atoms with Crippen LogP contribution < -0.4 is 15.4 Å². The summed E-state index contributed by atoms with van der Waals surface area (Å²) in [4.78, 5) is 33.5. The molecular weight excluding hydrogens is 475 g/mol. The average Bonchev–Trinajstić information content (AvgIpc) is 2.72. The molecule has 0 fully saturated rings. The molecule has 2 rings (SSSR count). The smallest absolute Gasteiger partial charge is 0.321 e. The van der Waals surface area contributed by atoms with E-state index in [4.69, 9.17) is 27.9 Å². The zero-order chi connectivity index (χ0) is 23.2. The number of esters is 1. The fraction of sp³-hybridized carbons (Fsp3) is 0.176. The SMILES string of the molecule is CNc1ccc(S(=O)(=O)NCC(=O)OCC(=O)Nc2ccc(Cl)cc2Cl)cc1[N+](=O)[O-]. The molecule has 0 unspecified atom stereocenters. The van der Waals surface area contributed by atoms with Crippen LogP contribution in [0, 0.1) is 10.1 Å². The summed E-state index contributed by atoms with van der Waals surface area (Å²) < 4.78 is 31.2. The predicted octanol–water partition coefficient (Wildman–Crippen LogP) is 2.40. The zero-order valence-electron chi connectivity index (χ0n) is 15.8. The van der Waals surface area contributed by atoms with Gasteiger partial charge in [-0.15, -0.1) is 0 Å². The van der Waals surface area contributed by atoms with Crippen molar-refractivity contribution in [2.75, 3.05) is 30.8 Å². The minimum atomic E-state index is -4.25. The maximum atomic E-state index is 12.3. The number of rotatable bonds is 9. The van der Waals surface area contributed by atoms with Crippen molar-refractivity contribution in [1.82, 2.24) is 4.72 Å². The standard InChI is InChI=1S/C17H16Cl2N4O7S/c1-20-14-5-3-11(7-15(14)23(26)27)31(28,29)21-8-17(25)30-9-16(24)22-13-4-2-10(18)6-12(13)19/h2-7,20-21H,8-9H2,1H3,(H,22,24). The van der Waals surface area contributed by atoms with Crippen molar-refractivity contribution in [3.8, 4) is 0 Å². The van der Waals surface area contributed by atoms with Crippen molar-refractivity contribution in [2.45, 2.75) is 4.90 Å². The molecule has 0 atom stereocenters. The summed E-state index contributed by atoms with van der Waals surface area (Å²) in [5, 5.41) is 16.6. The maximum absolute atomic E-state index is 12.3. The van der Waals surface area contributed by atoms with E-state index in [1.54, 1.807) is 0 Å². The maximum Gasteiger partial charge on any atom is 0.321 e. The van der Waals surface area contributed by atoms with Gasteiger partial charge >= 0.3 is 5.97 Å². The number of sulfonamides is 1. The summed E-state index contributed by atoms with van der Waals surface area (Å²) in [7, 11) is -2.80. The van der Waals surface area contributed by atoms with E-state index in [9.17, 15) is 28.1 Å². The van der Waals surface area contributed by atoms with Crippen LogP contribution in [0.2, 0.25) is 10.0 Å². The molecule has 0 saturated heterocycles. The molecule has 0 heterocycles. The number of halogens is 2. The Bertz CT molecular complexity index is 1130. The van der Waals surface area contributed by atoms with Gasteiger partial charge in [0.25, 0.3) is 11.6 Å². The van der Waals surface area contributed by atoms with Crippen molar-refractivity contribution < 1.29 is 27.7 Å². The molecule has 0 aliphatic rings. The number of carbonyl (C=O) groups is 2. The molecule has 0 aliphatic heterocycles. The number of hydrogen-bond donors (Lipinski definition) is 3. The van der Waals surface area contributed by atoms with Gasteiger partial charge in [0.1, 0.15) is 12.2 Å². The van der Waals surface area contributed by atoms with Crippen LogP contribution >= 0.6 is 23.2 Å². The van der Waals surface area contributed by atoms with E-state index in [-0.39, 0.29) is 16.4 Å². The Balaban J connectivity index is 1.92. The first kappa shape index (κ1) is 24.3. The van der Waals surface area contributed by atoms with E-state index >= 15 is 0 Å². The third-order valence-corrected chi connectivity index (χ3v) is 5.67. The van der Waals surface area contributed by atoms with Gasteiger partial charge in [0, 0.05) is 18.1 Å². The van der Waals surface area contributed by atoms with Crippen LogP contribution in [0.1, 0.15) is 0 Å². The van der Waals surface area contributed by atoms with Gasteiger partial charge in [0.2, 0.25) is 10.0 Å². The van der Waals surface area contributed by atoms with Gasteiger partial charge < -0.3 is 15.4 Å². The second-order valence-corrected chi connectivity index (χ2v) is 8.45. The molecule has 0 spiro atoms. The van der Waals surface area contributed by atoms with Crippen LogP contribution in [-0.2, 0) is 24.3 Å². The lowest BCUT2D eigenvalue weighted by Crippen LogP contribution is -2.32. The third-order valence-electron chi connectivity index (χ3n) is 3.72. The molecular formula is C17H16Cl2N4O7S. The lowest BCUT2D eigenvalue weighted by molar-refractivity contribution is -0.384. The van der Waals surface area contributed by atoms with Crippen LogP contribution in [0.5, 0.6) is 0 Å². The molecule has 0 aromatic heterocycles. The van der Waals surface area contributed by atoms with Crippen LogP contribution in [0.15, 0.2) is 41.3 Å². The first-order chi connectivity index (χ1) is 14.5. The molecule has 14 heteroatoms. The van der Waals surface area contributed by atoms with Crippen molar-refractivity contribution in [3.63, 3.8) is 0 Å². The number of nitro benzene ring substituents is 1. The quantitative estimate of drug-likeness (QED) is 0.274. The summed E-state index contributed by atoms with van der Waals surface area (Å²) in [6.45, 7) is -1.49. The molecule has 2 aromatic carbocycles. The van der Waals surface area contributed by atoms with Gasteiger partial charge in [-0.2, -0.15) is 4.72 Å². The van der Waals surface area contributed by atoms with Gasteiger partial charge in [-0.25, -0.2) is 8.42 Å². The molecule has 2 aromatic rings. The summed E-state index contributed by atoms with van der Waals surface area (Å²) in [5.41, 5.74) is -0.0833. The molecule has 3 N–H and O–H groups in total. The lowest BCUT2D eigenvalue weighted by atomic mass is 10.3. The number of nitro groups is 1. The molecule has 166 valence electrons. The Labute approximate surface area is 186 Å². The van der Waals surface area contributed by atoms with Crippen LogP contribution in [0.3, 0.4) is 0 Å². The predicted molar refractivity (Wildman–Crippen MR) is 114 cm³/mol. The number of nitrogens with zero attached hydrogens (tertiary/aromatic N) is 1. The Morgan fingerprint density at radius 1 is 1.13 bits per heavy atom. The molecule has 1 amide bonds. The van der Waals surface area contributed by atoms with Crippen LogP contribution in [0.4, 0.5) is 17.1 Å². The highest BCUT2D eigenvalue weighted by molar-refractivity contribution is 7.89. The minimum Gasteiger partial charge on any atom is -0.455 e. The van der Waals surface area contributed by atoms with E-state index in [1.807, 2.05) is 4.72 Å². The largest absolute Gasteiger partial charge is 0.455 e. The highest BCUT2D eigenvalue weighted by atomic mass is 35.5. The zero-order valence-corrected chi connectivity index (χ0v) is 18.2. The Hall–Kier alpha value is -2.93. The van der Waals surface area contributed by atoms with E-state index in [1.165, 1.54) is 31.3 Å². The Morgan fingerprint density at radius 2 is 1.81 bits per heavy atom. The van der Waals surface area contributed by atoms with Crippen molar-refractivity contribution in [3.05, 3.63) is 56.6 Å². The summed E-state index contributed by atoms with van der Waals surface area (Å²) >= 11 is 11.7. The van der Waals surface area contributed by atoms with Crippen LogP contribution in [0.25, 0.3) is 0 Å². The minimum absolute atomic E-state index is 0.121. The van der Waals surface area contributed by atoms with E-state index < -0.39 is 50.6 Å². The molecule has 0 bridgehead atoms. The first-order valence-corrected chi connectivity index (χ1v) is 10.6. The van der Waals surface area contributed by atoms with E-state index in [2.05, 4.69) is 10.6 Å². The van der Waals surface area contributed by atoms with E-state index in [0.717, 1.165) is 12.1 Å². The number of amides is 1. The molecule has 0 aliphatic carbocycles. The van der Waals surface area contributed by atoms with Crippen molar-refractivity contribution in [2.24, 2.45) is 0 Å². The number of ether oxygens (including phenoxy) is 1. The first-order valence-electron chi connectivity index (χ1n) is 8.40. The fourth-order valence-electron chi connectivity index (χ4n) is 2.25. The highest BCUT2D eigenvalue weighted by Crippen LogP contribution is 2.27. The van der Waals surface area contributed by atoms with Gasteiger partial charge in [-0.3, -0.25) is 19.7 Å². The van der Waals surface area contributed by atoms with Gasteiger partial charge in [0.05, 0.1) is 20.5 Å². The monoisotopic (exact) mass is 490 g/mol.